The maximum Gasteiger partial charge on any atom is 0.133 e. The van der Waals surface area contributed by atoms with E-state index in [1.54, 1.807) is 0 Å². The van der Waals surface area contributed by atoms with Crippen molar-refractivity contribution < 1.29 is 13.9 Å². The van der Waals surface area contributed by atoms with E-state index < -0.39 is 17.7 Å². The lowest BCUT2D eigenvalue weighted by Gasteiger charge is -2.34. The third kappa shape index (κ3) is 3.16. The molecular formula is C15H19BrF2O. The minimum Gasteiger partial charge on any atom is -0.388 e. The molecule has 1 aromatic rings. The number of rotatable bonds is 3. The van der Waals surface area contributed by atoms with Crippen LogP contribution in [0, 0.1) is 23.5 Å². The van der Waals surface area contributed by atoms with Gasteiger partial charge in [0.2, 0.25) is 0 Å². The first-order valence-electron chi connectivity index (χ1n) is 6.87. The second kappa shape index (κ2) is 6.31. The van der Waals surface area contributed by atoms with E-state index in [0.29, 0.717) is 10.4 Å². The topological polar surface area (TPSA) is 20.2 Å². The normalized spacial score (nSPS) is 25.3. The van der Waals surface area contributed by atoms with Crippen LogP contribution in [0.2, 0.25) is 0 Å². The Labute approximate surface area is 121 Å². The summed E-state index contributed by atoms with van der Waals surface area (Å²) in [6.07, 6.45) is 3.96. The average molecular weight is 333 g/mol. The van der Waals surface area contributed by atoms with Gasteiger partial charge in [-0.15, -0.1) is 0 Å². The van der Waals surface area contributed by atoms with Crippen molar-refractivity contribution in [3.63, 3.8) is 0 Å². The molecule has 1 fully saturated rings. The van der Waals surface area contributed by atoms with Crippen molar-refractivity contribution in [3.05, 3.63) is 33.8 Å². The number of aliphatic hydroxyl groups is 1. The zero-order valence-corrected chi connectivity index (χ0v) is 12.6. The minimum atomic E-state index is -1.04. The van der Waals surface area contributed by atoms with Crippen molar-refractivity contribution in [1.82, 2.24) is 0 Å². The first kappa shape index (κ1) is 14.9. The Hall–Kier alpha value is -0.480. The second-order valence-corrected chi connectivity index (χ2v) is 6.26. The van der Waals surface area contributed by atoms with Crippen LogP contribution in [0.5, 0.6) is 0 Å². The van der Waals surface area contributed by atoms with E-state index in [0.717, 1.165) is 32.1 Å². The molecule has 1 aromatic carbocycles. The number of halogens is 3. The lowest BCUT2D eigenvalue weighted by molar-refractivity contribution is 0.0400. The van der Waals surface area contributed by atoms with Crippen LogP contribution in [0.25, 0.3) is 0 Å². The fourth-order valence-electron chi connectivity index (χ4n) is 3.21. The molecule has 0 aromatic heterocycles. The number of hydrogen-bond donors (Lipinski definition) is 1. The van der Waals surface area contributed by atoms with Crippen LogP contribution in [0.3, 0.4) is 0 Å². The van der Waals surface area contributed by atoms with E-state index in [1.165, 1.54) is 12.1 Å². The molecule has 19 heavy (non-hydrogen) atoms. The SMILES string of the molecule is CCC1CCCCC1C(O)c1c(F)cc(Br)cc1F. The van der Waals surface area contributed by atoms with Crippen LogP contribution in [-0.4, -0.2) is 5.11 Å². The number of benzene rings is 1. The number of aliphatic hydroxyl groups excluding tert-OH is 1. The van der Waals surface area contributed by atoms with Gasteiger partial charge in [-0.3, -0.25) is 0 Å². The Morgan fingerprint density at radius 1 is 1.26 bits per heavy atom. The van der Waals surface area contributed by atoms with Gasteiger partial charge in [-0.2, -0.15) is 0 Å². The third-order valence-corrected chi connectivity index (χ3v) is 4.70. The van der Waals surface area contributed by atoms with Gasteiger partial charge >= 0.3 is 0 Å². The maximum atomic E-state index is 13.9. The van der Waals surface area contributed by atoms with Gasteiger partial charge in [-0.1, -0.05) is 48.5 Å². The van der Waals surface area contributed by atoms with Gasteiger partial charge in [0.1, 0.15) is 11.6 Å². The summed E-state index contributed by atoms with van der Waals surface area (Å²) >= 11 is 3.06. The molecule has 0 saturated heterocycles. The van der Waals surface area contributed by atoms with Crippen LogP contribution < -0.4 is 0 Å². The molecule has 0 amide bonds. The standard InChI is InChI=1S/C15H19BrF2O/c1-2-9-5-3-4-6-11(9)15(19)14-12(17)7-10(16)8-13(14)18/h7-9,11,15,19H,2-6H2,1H3. The summed E-state index contributed by atoms with van der Waals surface area (Å²) in [6, 6.07) is 2.43. The summed E-state index contributed by atoms with van der Waals surface area (Å²) in [6.45, 7) is 2.07. The molecule has 0 aliphatic heterocycles. The maximum absolute atomic E-state index is 13.9. The molecule has 3 atom stereocenters. The lowest BCUT2D eigenvalue weighted by Crippen LogP contribution is -2.26. The van der Waals surface area contributed by atoms with Gasteiger partial charge in [0, 0.05) is 4.47 Å². The van der Waals surface area contributed by atoms with Crippen molar-refractivity contribution in [1.29, 1.82) is 0 Å². The van der Waals surface area contributed by atoms with Crippen LogP contribution >= 0.6 is 15.9 Å². The van der Waals surface area contributed by atoms with E-state index in [1.807, 2.05) is 0 Å². The highest BCUT2D eigenvalue weighted by Gasteiger charge is 2.33. The zero-order chi connectivity index (χ0) is 14.0. The van der Waals surface area contributed by atoms with E-state index >= 15 is 0 Å². The van der Waals surface area contributed by atoms with Crippen LogP contribution in [0.4, 0.5) is 8.78 Å². The summed E-state index contributed by atoms with van der Waals surface area (Å²) < 4.78 is 28.2. The molecular weight excluding hydrogens is 314 g/mol. The molecule has 0 heterocycles. The van der Waals surface area contributed by atoms with Gasteiger partial charge in [0.05, 0.1) is 11.7 Å². The van der Waals surface area contributed by atoms with Crippen molar-refractivity contribution in [2.45, 2.75) is 45.1 Å². The third-order valence-electron chi connectivity index (χ3n) is 4.24. The Kier molecular flexibility index (Phi) is 4.96. The Morgan fingerprint density at radius 3 is 2.42 bits per heavy atom. The van der Waals surface area contributed by atoms with Crippen molar-refractivity contribution in [2.75, 3.05) is 0 Å². The highest BCUT2D eigenvalue weighted by molar-refractivity contribution is 9.10. The Balaban J connectivity index is 2.30. The molecule has 1 saturated carbocycles. The van der Waals surface area contributed by atoms with Gasteiger partial charge in [0.25, 0.3) is 0 Å². The van der Waals surface area contributed by atoms with Crippen LogP contribution in [0.15, 0.2) is 16.6 Å². The second-order valence-electron chi connectivity index (χ2n) is 5.34. The molecule has 1 nitrogen and oxygen atoms in total. The molecule has 3 unspecified atom stereocenters. The highest BCUT2D eigenvalue weighted by atomic mass is 79.9. The molecule has 2 rings (SSSR count). The molecule has 1 N–H and O–H groups in total. The molecule has 1 aliphatic carbocycles. The average Bonchev–Trinajstić information content (AvgIpc) is 2.37. The summed E-state index contributed by atoms with van der Waals surface area (Å²) in [5.41, 5.74) is -0.173. The molecule has 4 heteroatoms. The van der Waals surface area contributed by atoms with E-state index in [-0.39, 0.29) is 11.5 Å². The van der Waals surface area contributed by atoms with Crippen LogP contribution in [0.1, 0.15) is 50.7 Å². The quantitative estimate of drug-likeness (QED) is 0.827. The Morgan fingerprint density at radius 2 is 1.84 bits per heavy atom. The first-order chi connectivity index (χ1) is 9.04. The summed E-state index contributed by atoms with van der Waals surface area (Å²) in [4.78, 5) is 0. The molecule has 0 radical (unpaired) electrons. The van der Waals surface area contributed by atoms with Gasteiger partial charge in [-0.05, 0) is 30.4 Å². The summed E-state index contributed by atoms with van der Waals surface area (Å²) in [7, 11) is 0. The van der Waals surface area contributed by atoms with Gasteiger partial charge < -0.3 is 5.11 Å². The highest BCUT2D eigenvalue weighted by Crippen LogP contribution is 2.41. The van der Waals surface area contributed by atoms with E-state index in [9.17, 15) is 13.9 Å². The minimum absolute atomic E-state index is 0.0380. The molecule has 106 valence electrons. The summed E-state index contributed by atoms with van der Waals surface area (Å²) in [5.74, 6) is -1.02. The van der Waals surface area contributed by atoms with Crippen molar-refractivity contribution in [3.8, 4) is 0 Å². The van der Waals surface area contributed by atoms with Gasteiger partial charge in [-0.25, -0.2) is 8.78 Å². The smallest absolute Gasteiger partial charge is 0.133 e. The Bertz CT molecular complexity index is 427. The fraction of sp³-hybridized carbons (Fsp3) is 0.600. The van der Waals surface area contributed by atoms with Crippen LogP contribution in [-0.2, 0) is 0 Å². The van der Waals surface area contributed by atoms with E-state index in [2.05, 4.69) is 22.9 Å². The molecule has 1 aliphatic rings. The predicted molar refractivity (Wildman–Crippen MR) is 74.8 cm³/mol. The predicted octanol–water partition coefficient (Wildman–Crippen LogP) is 4.98. The van der Waals surface area contributed by atoms with Gasteiger partial charge in [0.15, 0.2) is 0 Å². The largest absolute Gasteiger partial charge is 0.388 e. The lowest BCUT2D eigenvalue weighted by atomic mass is 9.73. The number of hydrogen-bond acceptors (Lipinski definition) is 1. The fourth-order valence-corrected chi connectivity index (χ4v) is 3.61. The summed E-state index contributed by atoms with van der Waals surface area (Å²) in [5, 5.41) is 10.4. The van der Waals surface area contributed by atoms with Crippen molar-refractivity contribution >= 4 is 15.9 Å². The zero-order valence-electron chi connectivity index (χ0n) is 11.0. The van der Waals surface area contributed by atoms with E-state index in [4.69, 9.17) is 0 Å². The first-order valence-corrected chi connectivity index (χ1v) is 7.66. The van der Waals surface area contributed by atoms with Crippen molar-refractivity contribution in [2.24, 2.45) is 11.8 Å². The molecule has 0 spiro atoms. The molecule has 0 bridgehead atoms. The monoisotopic (exact) mass is 332 g/mol.